The Kier molecular flexibility index (Phi) is 3.54. The largest absolute Gasteiger partial charge is 0.326 e. The van der Waals surface area contributed by atoms with Gasteiger partial charge in [0.05, 0.1) is 0 Å². The molecule has 0 aliphatic rings. The molecule has 102 valence electrons. The van der Waals surface area contributed by atoms with Crippen LogP contribution in [0.5, 0.6) is 0 Å². The fourth-order valence-electron chi connectivity index (χ4n) is 1.54. The van der Waals surface area contributed by atoms with E-state index in [1.807, 2.05) is 0 Å². The smallest absolute Gasteiger partial charge is 0.266 e. The van der Waals surface area contributed by atoms with Crippen LogP contribution in [0.15, 0.2) is 35.4 Å². The van der Waals surface area contributed by atoms with Crippen LogP contribution < -0.4 is 10.5 Å². The molecule has 0 unspecified atom stereocenters. The van der Waals surface area contributed by atoms with Gasteiger partial charge in [-0.2, -0.15) is 5.10 Å². The van der Waals surface area contributed by atoms with Crippen LogP contribution in [0.4, 0.5) is 10.2 Å². The second kappa shape index (κ2) is 4.98. The van der Waals surface area contributed by atoms with E-state index in [4.69, 9.17) is 5.73 Å². The van der Waals surface area contributed by atoms with Gasteiger partial charge in [-0.05, 0) is 17.7 Å². The Labute approximate surface area is 110 Å². The Balaban J connectivity index is 2.39. The number of sulfonamides is 1. The molecule has 2 aromatic rings. The Hall–Kier alpha value is -1.93. The number of nitrogens with two attached hydrogens (primary N) is 1. The van der Waals surface area contributed by atoms with Crippen molar-refractivity contribution in [2.75, 3.05) is 4.72 Å². The number of aromatic nitrogens is 2. The molecule has 0 radical (unpaired) electrons. The Bertz CT molecular complexity index is 696. The SMILES string of the molecule is Cn1ccc(NS(=O)(=O)c2cc(CN)ccc2F)n1. The second-order valence-electron chi connectivity index (χ2n) is 3.95. The van der Waals surface area contributed by atoms with E-state index >= 15 is 0 Å². The number of rotatable bonds is 4. The molecule has 6 nitrogen and oxygen atoms in total. The normalized spacial score (nSPS) is 11.5. The third kappa shape index (κ3) is 2.91. The Morgan fingerprint density at radius 2 is 2.16 bits per heavy atom. The van der Waals surface area contributed by atoms with Crippen molar-refractivity contribution in [2.24, 2.45) is 12.8 Å². The Morgan fingerprint density at radius 3 is 2.74 bits per heavy atom. The monoisotopic (exact) mass is 284 g/mol. The molecule has 0 amide bonds. The fourth-order valence-corrected chi connectivity index (χ4v) is 2.67. The summed E-state index contributed by atoms with van der Waals surface area (Å²) in [6.07, 6.45) is 1.57. The van der Waals surface area contributed by atoms with Crippen LogP contribution in [0.25, 0.3) is 0 Å². The number of benzene rings is 1. The number of nitrogens with one attached hydrogen (secondary N) is 1. The summed E-state index contributed by atoms with van der Waals surface area (Å²) in [5, 5.41) is 3.87. The predicted octanol–water partition coefficient (Wildman–Crippen LogP) is 0.819. The van der Waals surface area contributed by atoms with Crippen LogP contribution >= 0.6 is 0 Å². The minimum absolute atomic E-state index is 0.125. The van der Waals surface area contributed by atoms with Gasteiger partial charge in [0.2, 0.25) is 0 Å². The van der Waals surface area contributed by atoms with Crippen molar-refractivity contribution in [1.29, 1.82) is 0 Å². The molecule has 0 aliphatic heterocycles. The standard InChI is InChI=1S/C11H13FN4O2S/c1-16-5-4-11(14-16)15-19(17,18)10-6-8(7-13)2-3-9(10)12/h2-6H,7,13H2,1H3,(H,14,15). The van der Waals surface area contributed by atoms with Crippen molar-refractivity contribution >= 4 is 15.8 Å². The summed E-state index contributed by atoms with van der Waals surface area (Å²) in [5.74, 6) is -0.708. The first-order valence-electron chi connectivity index (χ1n) is 5.43. The highest BCUT2D eigenvalue weighted by atomic mass is 32.2. The molecule has 0 saturated heterocycles. The molecule has 1 heterocycles. The lowest BCUT2D eigenvalue weighted by atomic mass is 10.2. The van der Waals surface area contributed by atoms with Gasteiger partial charge in [0, 0.05) is 25.9 Å². The first-order chi connectivity index (χ1) is 8.92. The average molecular weight is 284 g/mol. The van der Waals surface area contributed by atoms with E-state index in [1.54, 1.807) is 13.2 Å². The van der Waals surface area contributed by atoms with Gasteiger partial charge >= 0.3 is 0 Å². The molecule has 0 bridgehead atoms. The van der Waals surface area contributed by atoms with Gasteiger partial charge in [-0.15, -0.1) is 0 Å². The Morgan fingerprint density at radius 1 is 1.42 bits per heavy atom. The molecule has 1 aromatic carbocycles. The van der Waals surface area contributed by atoms with Crippen molar-refractivity contribution in [1.82, 2.24) is 9.78 Å². The molecular formula is C11H13FN4O2S. The highest BCUT2D eigenvalue weighted by Crippen LogP contribution is 2.19. The molecule has 0 spiro atoms. The summed E-state index contributed by atoms with van der Waals surface area (Å²) in [7, 11) is -2.37. The lowest BCUT2D eigenvalue weighted by Crippen LogP contribution is -2.16. The van der Waals surface area contributed by atoms with E-state index in [2.05, 4.69) is 9.82 Å². The molecular weight excluding hydrogens is 271 g/mol. The van der Waals surface area contributed by atoms with Crippen molar-refractivity contribution in [3.05, 3.63) is 41.8 Å². The molecule has 0 aliphatic carbocycles. The minimum atomic E-state index is -4.02. The zero-order chi connectivity index (χ0) is 14.0. The van der Waals surface area contributed by atoms with E-state index in [1.165, 1.54) is 22.9 Å². The van der Waals surface area contributed by atoms with Crippen molar-refractivity contribution in [3.8, 4) is 0 Å². The third-order valence-electron chi connectivity index (χ3n) is 2.47. The minimum Gasteiger partial charge on any atom is -0.326 e. The summed E-state index contributed by atoms with van der Waals surface area (Å²) < 4.78 is 41.4. The molecule has 8 heteroatoms. The molecule has 0 saturated carbocycles. The van der Waals surface area contributed by atoms with E-state index in [9.17, 15) is 12.8 Å². The van der Waals surface area contributed by atoms with Crippen LogP contribution in [-0.2, 0) is 23.6 Å². The van der Waals surface area contributed by atoms with Crippen LogP contribution in [0.2, 0.25) is 0 Å². The first kappa shape index (κ1) is 13.5. The summed E-state index contributed by atoms with van der Waals surface area (Å²) >= 11 is 0. The van der Waals surface area contributed by atoms with Gasteiger partial charge in [0.15, 0.2) is 5.82 Å². The fraction of sp³-hybridized carbons (Fsp3) is 0.182. The molecule has 19 heavy (non-hydrogen) atoms. The molecule has 0 fully saturated rings. The van der Waals surface area contributed by atoms with Crippen molar-refractivity contribution < 1.29 is 12.8 Å². The zero-order valence-corrected chi connectivity index (χ0v) is 11.0. The van der Waals surface area contributed by atoms with Gasteiger partial charge in [-0.3, -0.25) is 9.40 Å². The van der Waals surface area contributed by atoms with Gasteiger partial charge in [0.25, 0.3) is 10.0 Å². The van der Waals surface area contributed by atoms with Crippen LogP contribution in [0, 0.1) is 5.82 Å². The van der Waals surface area contributed by atoms with E-state index in [0.717, 1.165) is 6.07 Å². The number of nitrogens with zero attached hydrogens (tertiary/aromatic N) is 2. The quantitative estimate of drug-likeness (QED) is 0.869. The van der Waals surface area contributed by atoms with Gasteiger partial charge in [-0.1, -0.05) is 6.07 Å². The maximum atomic E-state index is 13.6. The predicted molar refractivity (Wildman–Crippen MR) is 68.3 cm³/mol. The average Bonchev–Trinajstić information content (AvgIpc) is 2.74. The van der Waals surface area contributed by atoms with E-state index in [-0.39, 0.29) is 12.4 Å². The highest BCUT2D eigenvalue weighted by Gasteiger charge is 2.20. The van der Waals surface area contributed by atoms with Crippen LogP contribution in [0.3, 0.4) is 0 Å². The summed E-state index contributed by atoms with van der Waals surface area (Å²) in [6.45, 7) is 0.131. The molecule has 3 N–H and O–H groups in total. The highest BCUT2D eigenvalue weighted by molar-refractivity contribution is 7.92. The topological polar surface area (TPSA) is 90.0 Å². The van der Waals surface area contributed by atoms with Gasteiger partial charge in [-0.25, -0.2) is 12.8 Å². The van der Waals surface area contributed by atoms with Gasteiger partial charge in [0.1, 0.15) is 10.7 Å². The van der Waals surface area contributed by atoms with Crippen LogP contribution in [0.1, 0.15) is 5.56 Å². The number of halogens is 1. The summed E-state index contributed by atoms with van der Waals surface area (Å²) in [5.41, 5.74) is 5.94. The molecule has 2 rings (SSSR count). The molecule has 0 atom stereocenters. The maximum absolute atomic E-state index is 13.6. The summed E-state index contributed by atoms with van der Waals surface area (Å²) in [6, 6.07) is 5.20. The van der Waals surface area contributed by atoms with Gasteiger partial charge < -0.3 is 5.73 Å². The third-order valence-corrected chi connectivity index (χ3v) is 3.84. The lowest BCUT2D eigenvalue weighted by molar-refractivity contribution is 0.569. The van der Waals surface area contributed by atoms with E-state index in [0.29, 0.717) is 5.56 Å². The van der Waals surface area contributed by atoms with Crippen molar-refractivity contribution in [3.63, 3.8) is 0 Å². The zero-order valence-electron chi connectivity index (χ0n) is 10.2. The number of aryl methyl sites for hydroxylation is 1. The first-order valence-corrected chi connectivity index (χ1v) is 6.91. The summed E-state index contributed by atoms with van der Waals surface area (Å²) in [4.78, 5) is -0.443. The second-order valence-corrected chi connectivity index (χ2v) is 5.60. The van der Waals surface area contributed by atoms with Crippen molar-refractivity contribution in [2.45, 2.75) is 11.4 Å². The maximum Gasteiger partial charge on any atom is 0.266 e. The number of hydrogen-bond donors (Lipinski definition) is 2. The number of anilines is 1. The number of hydrogen-bond acceptors (Lipinski definition) is 4. The van der Waals surface area contributed by atoms with Crippen LogP contribution in [-0.4, -0.2) is 18.2 Å². The van der Waals surface area contributed by atoms with E-state index < -0.39 is 20.7 Å². The molecule has 1 aromatic heterocycles. The lowest BCUT2D eigenvalue weighted by Gasteiger charge is -2.08.